The largest absolute Gasteiger partial charge is 0.497 e. The Morgan fingerprint density at radius 3 is 2.21 bits per heavy atom. The van der Waals surface area contributed by atoms with Crippen LogP contribution in [0.3, 0.4) is 0 Å². The number of esters is 1. The Balaban J connectivity index is 1.76. The number of methoxy groups -OCH3 is 2. The number of sulfone groups is 1. The summed E-state index contributed by atoms with van der Waals surface area (Å²) in [5.74, 6) is -0.155. The Bertz CT molecular complexity index is 1080. The van der Waals surface area contributed by atoms with Gasteiger partial charge in [-0.25, -0.2) is 21.6 Å². The SMILES string of the molecule is COC(=O)c1sccc1S(=O)(=O)N1CCC(S(=O)(=O)c2ccc(OC)cc2)CC1. The van der Waals surface area contributed by atoms with Crippen LogP contribution >= 0.6 is 11.3 Å². The molecule has 29 heavy (non-hydrogen) atoms. The summed E-state index contributed by atoms with van der Waals surface area (Å²) < 4.78 is 62.6. The average molecular weight is 460 g/mol. The first-order chi connectivity index (χ1) is 13.7. The molecule has 1 aromatic heterocycles. The molecule has 1 aromatic carbocycles. The lowest BCUT2D eigenvalue weighted by molar-refractivity contribution is 0.0602. The van der Waals surface area contributed by atoms with E-state index in [0.29, 0.717) is 5.75 Å². The Kier molecular flexibility index (Phi) is 6.32. The third-order valence-electron chi connectivity index (χ3n) is 4.85. The predicted molar refractivity (Wildman–Crippen MR) is 108 cm³/mol. The second-order valence-electron chi connectivity index (χ2n) is 6.43. The summed E-state index contributed by atoms with van der Waals surface area (Å²) in [5, 5.41) is 0.838. The molecule has 1 aliphatic rings. The summed E-state index contributed by atoms with van der Waals surface area (Å²) in [6.45, 7) is 0.109. The summed E-state index contributed by atoms with van der Waals surface area (Å²) in [4.78, 5) is 11.9. The van der Waals surface area contributed by atoms with Gasteiger partial charge in [-0.3, -0.25) is 0 Å². The predicted octanol–water partition coefficient (Wildman–Crippen LogP) is 2.17. The first-order valence-corrected chi connectivity index (χ1v) is 12.6. The molecule has 3 rings (SSSR count). The van der Waals surface area contributed by atoms with E-state index in [1.807, 2.05) is 0 Å². The molecule has 0 aliphatic carbocycles. The van der Waals surface area contributed by atoms with Gasteiger partial charge in [0.05, 0.1) is 24.4 Å². The monoisotopic (exact) mass is 459 g/mol. The van der Waals surface area contributed by atoms with Gasteiger partial charge in [0.15, 0.2) is 9.84 Å². The van der Waals surface area contributed by atoms with Crippen molar-refractivity contribution in [2.24, 2.45) is 0 Å². The number of thiophene rings is 1. The van der Waals surface area contributed by atoms with Gasteiger partial charge in [-0.2, -0.15) is 4.31 Å². The minimum Gasteiger partial charge on any atom is -0.497 e. The highest BCUT2D eigenvalue weighted by molar-refractivity contribution is 7.92. The molecule has 1 fully saturated rings. The van der Waals surface area contributed by atoms with Crippen LogP contribution in [0.1, 0.15) is 22.5 Å². The number of benzene rings is 1. The van der Waals surface area contributed by atoms with Crippen LogP contribution in [0, 0.1) is 0 Å². The minimum absolute atomic E-state index is 0.0143. The fourth-order valence-corrected chi connectivity index (χ4v) is 7.73. The van der Waals surface area contributed by atoms with E-state index in [1.54, 1.807) is 12.1 Å². The maximum atomic E-state index is 12.9. The third kappa shape index (κ3) is 4.18. The van der Waals surface area contributed by atoms with Gasteiger partial charge in [-0.1, -0.05) is 0 Å². The molecule has 0 spiro atoms. The van der Waals surface area contributed by atoms with E-state index in [9.17, 15) is 21.6 Å². The van der Waals surface area contributed by atoms with Gasteiger partial charge in [-0.15, -0.1) is 11.3 Å². The molecule has 0 unspecified atom stereocenters. The van der Waals surface area contributed by atoms with E-state index in [1.165, 1.54) is 42.1 Å². The fourth-order valence-electron chi connectivity index (χ4n) is 3.22. The number of sulfonamides is 1. The zero-order chi connectivity index (χ0) is 21.2. The highest BCUT2D eigenvalue weighted by Crippen LogP contribution is 2.31. The van der Waals surface area contributed by atoms with Crippen LogP contribution in [0.2, 0.25) is 0 Å². The summed E-state index contributed by atoms with van der Waals surface area (Å²) in [7, 11) is -4.81. The van der Waals surface area contributed by atoms with Gasteiger partial charge < -0.3 is 9.47 Å². The smallest absolute Gasteiger partial charge is 0.349 e. The molecular weight excluding hydrogens is 438 g/mol. The van der Waals surface area contributed by atoms with E-state index in [2.05, 4.69) is 4.74 Å². The highest BCUT2D eigenvalue weighted by Gasteiger charge is 2.37. The lowest BCUT2D eigenvalue weighted by Crippen LogP contribution is -2.42. The molecule has 2 aromatic rings. The number of rotatable bonds is 6. The molecule has 2 heterocycles. The van der Waals surface area contributed by atoms with Crippen LogP contribution in [0.5, 0.6) is 5.75 Å². The third-order valence-corrected chi connectivity index (χ3v) is 10.1. The van der Waals surface area contributed by atoms with Crippen LogP contribution in [-0.2, 0) is 24.6 Å². The van der Waals surface area contributed by atoms with Gasteiger partial charge in [0.1, 0.15) is 15.5 Å². The molecule has 1 aliphatic heterocycles. The van der Waals surface area contributed by atoms with E-state index in [-0.39, 0.29) is 40.6 Å². The van der Waals surface area contributed by atoms with Gasteiger partial charge in [-0.05, 0) is 48.6 Å². The number of carbonyl (C=O) groups is 1. The first kappa shape index (κ1) is 21.8. The van der Waals surface area contributed by atoms with Crippen molar-refractivity contribution in [2.45, 2.75) is 27.9 Å². The van der Waals surface area contributed by atoms with Gasteiger partial charge in [0.2, 0.25) is 10.0 Å². The van der Waals surface area contributed by atoms with Crippen LogP contribution in [0.15, 0.2) is 45.5 Å². The first-order valence-electron chi connectivity index (χ1n) is 8.75. The molecule has 8 nitrogen and oxygen atoms in total. The van der Waals surface area contributed by atoms with Crippen molar-refractivity contribution >= 4 is 37.2 Å². The maximum absolute atomic E-state index is 12.9. The zero-order valence-corrected chi connectivity index (χ0v) is 18.3. The van der Waals surface area contributed by atoms with Crippen molar-refractivity contribution in [3.63, 3.8) is 0 Å². The second kappa shape index (κ2) is 8.42. The number of carbonyl (C=O) groups excluding carboxylic acids is 1. The molecule has 0 saturated carbocycles. The van der Waals surface area contributed by atoms with Crippen molar-refractivity contribution in [1.29, 1.82) is 0 Å². The molecule has 0 radical (unpaired) electrons. The Morgan fingerprint density at radius 1 is 1.03 bits per heavy atom. The normalized spacial score (nSPS) is 16.5. The highest BCUT2D eigenvalue weighted by atomic mass is 32.2. The number of hydrogen-bond acceptors (Lipinski definition) is 8. The van der Waals surface area contributed by atoms with E-state index >= 15 is 0 Å². The van der Waals surface area contributed by atoms with Crippen molar-refractivity contribution in [2.75, 3.05) is 27.3 Å². The fraction of sp³-hybridized carbons (Fsp3) is 0.389. The van der Waals surface area contributed by atoms with Gasteiger partial charge >= 0.3 is 5.97 Å². The van der Waals surface area contributed by atoms with Crippen molar-refractivity contribution in [3.05, 3.63) is 40.6 Å². The van der Waals surface area contributed by atoms with Crippen LogP contribution in [-0.4, -0.2) is 59.7 Å². The molecule has 0 bridgehead atoms. The number of piperidine rings is 1. The Hall–Kier alpha value is -1.95. The average Bonchev–Trinajstić information content (AvgIpc) is 3.24. The van der Waals surface area contributed by atoms with E-state index in [4.69, 9.17) is 4.74 Å². The second-order valence-corrected chi connectivity index (χ2v) is 11.5. The Labute approximate surface area is 174 Å². The molecular formula is C18H21NO7S3. The molecule has 0 atom stereocenters. The molecule has 1 saturated heterocycles. The minimum atomic E-state index is -3.92. The van der Waals surface area contributed by atoms with Crippen LogP contribution in [0.4, 0.5) is 0 Å². The van der Waals surface area contributed by atoms with E-state index < -0.39 is 31.1 Å². The Morgan fingerprint density at radius 2 is 1.66 bits per heavy atom. The van der Waals surface area contributed by atoms with Crippen molar-refractivity contribution in [3.8, 4) is 5.75 Å². The standard InChI is InChI=1S/C18H21NO7S3/c1-25-13-3-5-14(6-4-13)28(21,22)15-7-10-19(11-8-15)29(23,24)16-9-12-27-17(16)18(20)26-2/h3-6,9,12,15H,7-8,10-11H2,1-2H3. The van der Waals surface area contributed by atoms with Crippen molar-refractivity contribution in [1.82, 2.24) is 4.31 Å². The molecule has 0 N–H and O–H groups in total. The maximum Gasteiger partial charge on any atom is 0.349 e. The van der Waals surface area contributed by atoms with Gasteiger partial charge in [0, 0.05) is 13.1 Å². The van der Waals surface area contributed by atoms with Crippen molar-refractivity contribution < 1.29 is 31.1 Å². The molecule has 11 heteroatoms. The topological polar surface area (TPSA) is 107 Å². The van der Waals surface area contributed by atoms with Crippen LogP contribution < -0.4 is 4.74 Å². The zero-order valence-electron chi connectivity index (χ0n) is 15.9. The number of ether oxygens (including phenoxy) is 2. The summed E-state index contributed by atoms with van der Waals surface area (Å²) in [5.41, 5.74) is 0. The lowest BCUT2D eigenvalue weighted by Gasteiger charge is -2.31. The summed E-state index contributed by atoms with van der Waals surface area (Å²) in [6, 6.07) is 7.51. The van der Waals surface area contributed by atoms with Gasteiger partial charge in [0.25, 0.3) is 0 Å². The van der Waals surface area contributed by atoms with E-state index in [0.717, 1.165) is 11.3 Å². The summed E-state index contributed by atoms with van der Waals surface area (Å²) >= 11 is 0.992. The van der Waals surface area contributed by atoms with Crippen LogP contribution in [0.25, 0.3) is 0 Å². The number of hydrogen-bond donors (Lipinski definition) is 0. The lowest BCUT2D eigenvalue weighted by atomic mass is 10.2. The summed E-state index contributed by atoms with van der Waals surface area (Å²) in [6.07, 6.45) is 0.344. The molecule has 0 amide bonds. The molecule has 158 valence electrons. The quantitative estimate of drug-likeness (QED) is 0.609. The number of nitrogens with zero attached hydrogens (tertiary/aromatic N) is 1.